The zero-order valence-corrected chi connectivity index (χ0v) is 22.8. The normalized spacial score (nSPS) is 11.6. The summed E-state index contributed by atoms with van der Waals surface area (Å²) < 4.78 is 33.4. The Labute approximate surface area is 218 Å². The molecule has 1 N–H and O–H groups in total. The first-order chi connectivity index (χ1) is 17.4. The van der Waals surface area contributed by atoms with Gasteiger partial charge in [-0.3, -0.25) is 10.1 Å². The summed E-state index contributed by atoms with van der Waals surface area (Å²) in [7, 11) is -3.60. The monoisotopic (exact) mass is 529 g/mol. The maximum absolute atomic E-state index is 13.1. The van der Waals surface area contributed by atoms with Gasteiger partial charge in [-0.25, -0.2) is 13.4 Å². The minimum Gasteiger partial charge on any atom is -0.494 e. The molecule has 0 saturated heterocycles. The van der Waals surface area contributed by atoms with Crippen molar-refractivity contribution >= 4 is 32.4 Å². The van der Waals surface area contributed by atoms with E-state index in [1.807, 2.05) is 43.5 Å². The van der Waals surface area contributed by atoms with E-state index >= 15 is 0 Å². The summed E-state index contributed by atoms with van der Waals surface area (Å²) in [6, 6.07) is 13.8. The first-order valence-corrected chi connectivity index (χ1v) is 14.8. The van der Waals surface area contributed by atoms with E-state index in [4.69, 9.17) is 4.74 Å². The van der Waals surface area contributed by atoms with E-state index in [2.05, 4.69) is 17.2 Å². The first kappa shape index (κ1) is 27.8. The standard InChI is InChI=1S/C27H35N3O4S2/c1-4-7-17-30(18-8-5-2)36(32,33)24-15-11-22(12-16-24)26(31)29-27-28-25(20-35-27)21-9-13-23(14-10-21)34-19-6-3/h9-16,20H,4-8,17-19H2,1-3H3,(H,28,29,31). The molecular weight excluding hydrogens is 494 g/mol. The number of hydrogen-bond acceptors (Lipinski definition) is 6. The Hall–Kier alpha value is -2.75. The molecule has 2 aromatic carbocycles. The van der Waals surface area contributed by atoms with Gasteiger partial charge in [-0.15, -0.1) is 11.3 Å². The van der Waals surface area contributed by atoms with Crippen LogP contribution < -0.4 is 10.1 Å². The van der Waals surface area contributed by atoms with Gasteiger partial charge in [0.15, 0.2) is 5.13 Å². The first-order valence-electron chi connectivity index (χ1n) is 12.5. The summed E-state index contributed by atoms with van der Waals surface area (Å²) >= 11 is 1.34. The molecule has 0 atom stereocenters. The number of anilines is 1. The van der Waals surface area contributed by atoms with Crippen molar-refractivity contribution in [3.05, 3.63) is 59.5 Å². The van der Waals surface area contributed by atoms with Crippen LogP contribution >= 0.6 is 11.3 Å². The molecule has 1 aromatic heterocycles. The van der Waals surface area contributed by atoms with Gasteiger partial charge in [0.2, 0.25) is 10.0 Å². The van der Waals surface area contributed by atoms with Crippen molar-refractivity contribution in [3.63, 3.8) is 0 Å². The molecular formula is C27H35N3O4S2. The van der Waals surface area contributed by atoms with Crippen LogP contribution in [0.5, 0.6) is 5.75 Å². The number of thiazole rings is 1. The summed E-state index contributed by atoms with van der Waals surface area (Å²) in [5.74, 6) is 0.477. The van der Waals surface area contributed by atoms with E-state index in [-0.39, 0.29) is 10.8 Å². The van der Waals surface area contributed by atoms with Gasteiger partial charge in [0, 0.05) is 29.6 Å². The molecule has 0 bridgehead atoms. The number of benzene rings is 2. The zero-order chi connectivity index (χ0) is 26.0. The molecule has 3 rings (SSSR count). The van der Waals surface area contributed by atoms with Crippen molar-refractivity contribution < 1.29 is 17.9 Å². The minimum atomic E-state index is -3.60. The van der Waals surface area contributed by atoms with Crippen molar-refractivity contribution in [2.45, 2.75) is 57.8 Å². The SMILES string of the molecule is CCCCN(CCCC)S(=O)(=O)c1ccc(C(=O)Nc2nc(-c3ccc(OCCC)cc3)cs2)cc1. The van der Waals surface area contributed by atoms with E-state index in [0.29, 0.717) is 30.4 Å². The number of sulfonamides is 1. The topological polar surface area (TPSA) is 88.6 Å². The second kappa shape index (κ2) is 13.5. The van der Waals surface area contributed by atoms with Gasteiger partial charge in [0.05, 0.1) is 17.2 Å². The highest BCUT2D eigenvalue weighted by atomic mass is 32.2. The largest absolute Gasteiger partial charge is 0.494 e. The molecule has 36 heavy (non-hydrogen) atoms. The van der Waals surface area contributed by atoms with Crippen LogP contribution in [0.2, 0.25) is 0 Å². The predicted octanol–water partition coefficient (Wildman–Crippen LogP) is 6.44. The van der Waals surface area contributed by atoms with E-state index < -0.39 is 10.0 Å². The van der Waals surface area contributed by atoms with E-state index in [1.54, 1.807) is 16.4 Å². The highest BCUT2D eigenvalue weighted by Gasteiger charge is 2.24. The molecule has 0 aliphatic heterocycles. The molecule has 0 aliphatic carbocycles. The fraction of sp³-hybridized carbons (Fsp3) is 0.407. The Kier molecular flexibility index (Phi) is 10.5. The van der Waals surface area contributed by atoms with Gasteiger partial charge in [0.25, 0.3) is 5.91 Å². The Balaban J connectivity index is 1.66. The fourth-order valence-electron chi connectivity index (χ4n) is 3.52. The number of amides is 1. The molecule has 0 spiro atoms. The van der Waals surface area contributed by atoms with E-state index in [1.165, 1.54) is 23.5 Å². The third-order valence-corrected chi connectivity index (χ3v) is 8.29. The molecule has 3 aromatic rings. The fourth-order valence-corrected chi connectivity index (χ4v) is 5.76. The van der Waals surface area contributed by atoms with Gasteiger partial charge in [-0.1, -0.05) is 33.6 Å². The van der Waals surface area contributed by atoms with Crippen molar-refractivity contribution in [1.82, 2.24) is 9.29 Å². The van der Waals surface area contributed by atoms with Gasteiger partial charge in [-0.05, 0) is 67.8 Å². The highest BCUT2D eigenvalue weighted by Crippen LogP contribution is 2.27. The Morgan fingerprint density at radius 3 is 2.17 bits per heavy atom. The molecule has 0 aliphatic rings. The zero-order valence-electron chi connectivity index (χ0n) is 21.2. The second-order valence-corrected chi connectivity index (χ2v) is 11.3. The highest BCUT2D eigenvalue weighted by molar-refractivity contribution is 7.89. The number of ether oxygens (including phenoxy) is 1. The van der Waals surface area contributed by atoms with E-state index in [9.17, 15) is 13.2 Å². The van der Waals surface area contributed by atoms with Crippen LogP contribution in [-0.2, 0) is 10.0 Å². The van der Waals surface area contributed by atoms with Crippen LogP contribution in [0.15, 0.2) is 58.8 Å². The Bertz CT molecular complexity index is 1200. The summed E-state index contributed by atoms with van der Waals surface area (Å²) in [6.07, 6.45) is 4.43. The molecule has 0 radical (unpaired) electrons. The summed E-state index contributed by atoms with van der Waals surface area (Å²) in [6.45, 7) is 7.83. The Morgan fingerprint density at radius 2 is 1.58 bits per heavy atom. The number of unbranched alkanes of at least 4 members (excludes halogenated alkanes) is 2. The number of carbonyl (C=O) groups excluding carboxylic acids is 1. The molecule has 9 heteroatoms. The van der Waals surface area contributed by atoms with Crippen LogP contribution in [0.25, 0.3) is 11.3 Å². The number of rotatable bonds is 14. The smallest absolute Gasteiger partial charge is 0.257 e. The molecule has 194 valence electrons. The summed E-state index contributed by atoms with van der Waals surface area (Å²) in [4.78, 5) is 17.5. The molecule has 1 heterocycles. The maximum atomic E-state index is 13.1. The lowest BCUT2D eigenvalue weighted by molar-refractivity contribution is 0.102. The molecule has 0 unspecified atom stereocenters. The van der Waals surface area contributed by atoms with Gasteiger partial charge in [0.1, 0.15) is 5.75 Å². The second-order valence-electron chi connectivity index (χ2n) is 8.50. The lowest BCUT2D eigenvalue weighted by Gasteiger charge is -2.22. The molecule has 1 amide bonds. The summed E-state index contributed by atoms with van der Waals surface area (Å²) in [5, 5.41) is 5.17. The number of nitrogens with zero attached hydrogens (tertiary/aromatic N) is 2. The average Bonchev–Trinajstić information content (AvgIpc) is 3.36. The third kappa shape index (κ3) is 7.38. The minimum absolute atomic E-state index is 0.203. The van der Waals surface area contributed by atoms with Gasteiger partial charge >= 0.3 is 0 Å². The van der Waals surface area contributed by atoms with Crippen LogP contribution in [-0.4, -0.2) is 43.3 Å². The third-order valence-electron chi connectivity index (χ3n) is 5.62. The van der Waals surface area contributed by atoms with Crippen LogP contribution in [0.4, 0.5) is 5.13 Å². The maximum Gasteiger partial charge on any atom is 0.257 e. The number of aromatic nitrogens is 1. The van der Waals surface area contributed by atoms with Crippen LogP contribution in [0, 0.1) is 0 Å². The molecule has 0 fully saturated rings. The Morgan fingerprint density at radius 1 is 0.944 bits per heavy atom. The lowest BCUT2D eigenvalue weighted by atomic mass is 10.2. The van der Waals surface area contributed by atoms with Crippen LogP contribution in [0.1, 0.15) is 63.2 Å². The lowest BCUT2D eigenvalue weighted by Crippen LogP contribution is -2.33. The van der Waals surface area contributed by atoms with Crippen molar-refractivity contribution in [2.24, 2.45) is 0 Å². The predicted molar refractivity (Wildman–Crippen MR) is 146 cm³/mol. The quantitative estimate of drug-likeness (QED) is 0.259. The number of carbonyl (C=O) groups is 1. The van der Waals surface area contributed by atoms with Crippen LogP contribution in [0.3, 0.4) is 0 Å². The molecule has 7 nitrogen and oxygen atoms in total. The number of nitrogens with one attached hydrogen (secondary N) is 1. The van der Waals surface area contributed by atoms with Crippen molar-refractivity contribution in [2.75, 3.05) is 25.0 Å². The van der Waals surface area contributed by atoms with Gasteiger partial charge < -0.3 is 4.74 Å². The van der Waals surface area contributed by atoms with Crippen molar-refractivity contribution in [1.29, 1.82) is 0 Å². The summed E-state index contributed by atoms with van der Waals surface area (Å²) in [5.41, 5.74) is 2.07. The molecule has 0 saturated carbocycles. The van der Waals surface area contributed by atoms with E-state index in [0.717, 1.165) is 49.1 Å². The van der Waals surface area contributed by atoms with Gasteiger partial charge in [-0.2, -0.15) is 4.31 Å². The van der Waals surface area contributed by atoms with Crippen molar-refractivity contribution in [3.8, 4) is 17.0 Å². The number of hydrogen-bond donors (Lipinski definition) is 1. The average molecular weight is 530 g/mol.